The number of fused-ring (bicyclic) bond motifs is 1. The van der Waals surface area contributed by atoms with Crippen molar-refractivity contribution in [2.24, 2.45) is 0 Å². The van der Waals surface area contributed by atoms with Crippen molar-refractivity contribution in [1.82, 2.24) is 29.3 Å². The Bertz CT molecular complexity index is 1570. The molecule has 0 radical (unpaired) electrons. The number of rotatable bonds is 10. The molecule has 2 aliphatic rings. The SMILES string of the molecule is CNS(=O)(=O)c1cccc(OC[C@@H](O)CN[C@H]2COC3(CCN(S(=O)(=O)c4cnc5[nH]cnc5c4C)CC3)C2)c1. The number of imidazole rings is 1. The van der Waals surface area contributed by atoms with Gasteiger partial charge >= 0.3 is 0 Å². The van der Waals surface area contributed by atoms with Crippen LogP contribution in [0.25, 0.3) is 11.2 Å². The Labute approximate surface area is 233 Å². The highest BCUT2D eigenvalue weighted by molar-refractivity contribution is 7.89. The van der Waals surface area contributed by atoms with E-state index in [1.807, 2.05) is 0 Å². The summed E-state index contributed by atoms with van der Waals surface area (Å²) in [5, 5.41) is 13.7. The zero-order valence-electron chi connectivity index (χ0n) is 22.3. The molecular formula is C25H34N6O7S2. The van der Waals surface area contributed by atoms with Crippen molar-refractivity contribution < 1.29 is 31.4 Å². The lowest BCUT2D eigenvalue weighted by Gasteiger charge is -2.38. The molecule has 3 aromatic rings. The second-order valence-corrected chi connectivity index (χ2v) is 14.0. The number of hydrogen-bond acceptors (Lipinski definition) is 10. The summed E-state index contributed by atoms with van der Waals surface area (Å²) < 4.78 is 66.2. The maximum absolute atomic E-state index is 13.4. The molecular weight excluding hydrogens is 560 g/mol. The van der Waals surface area contributed by atoms with Gasteiger partial charge in [-0.2, -0.15) is 4.31 Å². The molecule has 4 heterocycles. The quantitative estimate of drug-likeness (QED) is 0.259. The number of aromatic amines is 1. The van der Waals surface area contributed by atoms with E-state index in [9.17, 15) is 21.9 Å². The van der Waals surface area contributed by atoms with Gasteiger partial charge in [0.25, 0.3) is 0 Å². The van der Waals surface area contributed by atoms with E-state index in [4.69, 9.17) is 9.47 Å². The molecule has 1 spiro atoms. The standard InChI is InChI=1S/C25H34N6O7S2/c1-17-22(13-28-24-23(17)29-16-30-24)40(35,36)31-8-6-25(7-9-31)11-18(14-38-25)27-12-19(32)15-37-20-4-3-5-21(10-20)39(33,34)26-2/h3-5,10,13,16,18-19,26-27,32H,6-9,11-12,14-15H2,1-2H3,(H,28,29,30)/t18-,19+/m1/s1. The lowest BCUT2D eigenvalue weighted by molar-refractivity contribution is -0.0312. The highest BCUT2D eigenvalue weighted by Crippen LogP contribution is 2.38. The Morgan fingerprint density at radius 2 is 2.02 bits per heavy atom. The summed E-state index contributed by atoms with van der Waals surface area (Å²) in [6, 6.07) is 6.08. The predicted molar refractivity (Wildman–Crippen MR) is 146 cm³/mol. The molecule has 2 aliphatic heterocycles. The van der Waals surface area contributed by atoms with E-state index >= 15 is 0 Å². The lowest BCUT2D eigenvalue weighted by Crippen LogP contribution is -2.47. The van der Waals surface area contributed by atoms with Crippen molar-refractivity contribution in [2.75, 3.05) is 39.9 Å². The van der Waals surface area contributed by atoms with Crippen LogP contribution in [-0.2, 0) is 24.8 Å². The molecule has 0 aliphatic carbocycles. The van der Waals surface area contributed by atoms with Crippen molar-refractivity contribution in [3.63, 3.8) is 0 Å². The molecule has 5 rings (SSSR count). The van der Waals surface area contributed by atoms with Gasteiger partial charge < -0.3 is 24.9 Å². The fourth-order valence-corrected chi connectivity index (χ4v) is 7.63. The van der Waals surface area contributed by atoms with Crippen molar-refractivity contribution in [3.8, 4) is 5.75 Å². The average Bonchev–Trinajstić information content (AvgIpc) is 3.59. The molecule has 0 bridgehead atoms. The predicted octanol–water partition coefficient (Wildman–Crippen LogP) is 0.516. The molecule has 0 saturated carbocycles. The zero-order valence-corrected chi connectivity index (χ0v) is 24.0. The summed E-state index contributed by atoms with van der Waals surface area (Å²) in [5.41, 5.74) is 1.26. The average molecular weight is 595 g/mol. The normalized spacial score (nSPS) is 20.7. The van der Waals surface area contributed by atoms with Crippen LogP contribution in [0.3, 0.4) is 0 Å². The maximum Gasteiger partial charge on any atom is 0.244 e. The van der Waals surface area contributed by atoms with E-state index < -0.39 is 31.8 Å². The van der Waals surface area contributed by atoms with Gasteiger partial charge in [0.15, 0.2) is 5.65 Å². The number of pyridine rings is 1. The molecule has 2 aromatic heterocycles. The van der Waals surface area contributed by atoms with E-state index in [1.165, 1.54) is 36.0 Å². The summed E-state index contributed by atoms with van der Waals surface area (Å²) >= 11 is 0. The van der Waals surface area contributed by atoms with Gasteiger partial charge in [-0.05, 0) is 45.4 Å². The second kappa shape index (κ2) is 11.3. The monoisotopic (exact) mass is 594 g/mol. The first kappa shape index (κ1) is 28.9. The number of aliphatic hydroxyl groups excluding tert-OH is 1. The molecule has 4 N–H and O–H groups in total. The minimum Gasteiger partial charge on any atom is -0.491 e. The molecule has 2 atom stereocenters. The van der Waals surface area contributed by atoms with Crippen LogP contribution < -0.4 is 14.8 Å². The number of nitrogens with zero attached hydrogens (tertiary/aromatic N) is 3. The maximum atomic E-state index is 13.4. The first-order chi connectivity index (χ1) is 19.0. The van der Waals surface area contributed by atoms with Crippen LogP contribution in [-0.4, -0.2) is 98.8 Å². The molecule has 15 heteroatoms. The van der Waals surface area contributed by atoms with Gasteiger partial charge in [-0.15, -0.1) is 0 Å². The van der Waals surface area contributed by atoms with Gasteiger partial charge in [0.05, 0.1) is 23.4 Å². The first-order valence-electron chi connectivity index (χ1n) is 13.0. The van der Waals surface area contributed by atoms with Crippen LogP contribution in [0.1, 0.15) is 24.8 Å². The number of aromatic nitrogens is 3. The molecule has 1 aromatic carbocycles. The molecule has 0 amide bonds. The number of benzene rings is 1. The molecule has 2 saturated heterocycles. The Morgan fingerprint density at radius 1 is 1.25 bits per heavy atom. The minimum absolute atomic E-state index is 0.00965. The number of aryl methyl sites for hydroxylation is 1. The molecule has 0 unspecified atom stereocenters. The van der Waals surface area contributed by atoms with E-state index in [0.29, 0.717) is 61.4 Å². The largest absolute Gasteiger partial charge is 0.491 e. The topological polar surface area (TPSA) is 176 Å². The zero-order chi connectivity index (χ0) is 28.5. The van der Waals surface area contributed by atoms with Gasteiger partial charge in [0, 0.05) is 43.5 Å². The number of ether oxygens (including phenoxy) is 2. The number of sulfonamides is 2. The Morgan fingerprint density at radius 3 is 2.77 bits per heavy atom. The molecule has 13 nitrogen and oxygen atoms in total. The second-order valence-electron chi connectivity index (χ2n) is 10.2. The molecule has 40 heavy (non-hydrogen) atoms. The smallest absolute Gasteiger partial charge is 0.244 e. The number of piperidine rings is 1. The third-order valence-corrected chi connectivity index (χ3v) is 11.0. The van der Waals surface area contributed by atoms with Crippen molar-refractivity contribution in [1.29, 1.82) is 0 Å². The number of aliphatic hydroxyl groups is 1. The van der Waals surface area contributed by atoms with Crippen LogP contribution in [0, 0.1) is 6.92 Å². The third-order valence-electron chi connectivity index (χ3n) is 7.58. The number of H-pyrrole nitrogens is 1. The molecule has 218 valence electrons. The van der Waals surface area contributed by atoms with Crippen molar-refractivity contribution >= 4 is 31.2 Å². The molecule has 2 fully saturated rings. The van der Waals surface area contributed by atoms with Crippen LogP contribution in [0.5, 0.6) is 5.75 Å². The fraction of sp³-hybridized carbons (Fsp3) is 0.520. The fourth-order valence-electron chi connectivity index (χ4n) is 5.26. The van der Waals surface area contributed by atoms with Crippen LogP contribution >= 0.6 is 0 Å². The van der Waals surface area contributed by atoms with Gasteiger partial charge in [-0.3, -0.25) is 0 Å². The number of hydrogen-bond donors (Lipinski definition) is 4. The van der Waals surface area contributed by atoms with E-state index in [2.05, 4.69) is 25.0 Å². The lowest BCUT2D eigenvalue weighted by atomic mass is 9.88. The highest BCUT2D eigenvalue weighted by atomic mass is 32.2. The number of nitrogens with one attached hydrogen (secondary N) is 3. The van der Waals surface area contributed by atoms with Gasteiger partial charge in [0.1, 0.15) is 28.9 Å². The van der Waals surface area contributed by atoms with E-state index in [1.54, 1.807) is 19.1 Å². The van der Waals surface area contributed by atoms with Gasteiger partial charge in [-0.1, -0.05) is 6.07 Å². The third kappa shape index (κ3) is 5.86. The summed E-state index contributed by atoms with van der Waals surface area (Å²) in [7, 11) is -5.98. The Kier molecular flexibility index (Phi) is 8.16. The van der Waals surface area contributed by atoms with Crippen LogP contribution in [0.15, 0.2) is 46.6 Å². The van der Waals surface area contributed by atoms with Gasteiger partial charge in [-0.25, -0.2) is 31.5 Å². The Hall–Kier alpha value is -2.66. The Balaban J connectivity index is 1.10. The van der Waals surface area contributed by atoms with Crippen LogP contribution in [0.4, 0.5) is 0 Å². The summed E-state index contributed by atoms with van der Waals surface area (Å²) in [6.45, 7) is 3.13. The highest BCUT2D eigenvalue weighted by Gasteiger charge is 2.45. The van der Waals surface area contributed by atoms with E-state index in [-0.39, 0.29) is 29.0 Å². The first-order valence-corrected chi connectivity index (χ1v) is 16.0. The van der Waals surface area contributed by atoms with Gasteiger partial charge in [0.2, 0.25) is 20.0 Å². The summed E-state index contributed by atoms with van der Waals surface area (Å²) in [6.07, 6.45) is 3.91. The summed E-state index contributed by atoms with van der Waals surface area (Å²) in [5.74, 6) is 0.343. The van der Waals surface area contributed by atoms with Crippen molar-refractivity contribution in [2.45, 2.75) is 53.7 Å². The van der Waals surface area contributed by atoms with E-state index in [0.717, 1.165) is 0 Å². The summed E-state index contributed by atoms with van der Waals surface area (Å²) in [4.78, 5) is 11.6. The van der Waals surface area contributed by atoms with Crippen molar-refractivity contribution in [3.05, 3.63) is 42.4 Å². The van der Waals surface area contributed by atoms with Crippen LogP contribution in [0.2, 0.25) is 0 Å². The minimum atomic E-state index is -3.72.